The van der Waals surface area contributed by atoms with E-state index >= 15 is 0 Å². The molecular weight excluding hydrogens is 192 g/mol. The van der Waals surface area contributed by atoms with Crippen LogP contribution in [0.4, 0.5) is 0 Å². The zero-order chi connectivity index (χ0) is 11.8. The fourth-order valence-electron chi connectivity index (χ4n) is 1.42. The Balaban J connectivity index is 4.23. The number of nitrogens with zero attached hydrogens (tertiary/aromatic N) is 2. The maximum absolute atomic E-state index is 10.9. The van der Waals surface area contributed by atoms with Crippen LogP contribution in [0.1, 0.15) is 13.8 Å². The van der Waals surface area contributed by atoms with Gasteiger partial charge in [0, 0.05) is 31.4 Å². The highest BCUT2D eigenvalue weighted by Gasteiger charge is 2.09. The molecule has 0 amide bonds. The number of methoxy groups -OCH3 is 1. The topological polar surface area (TPSA) is 32.8 Å². The van der Waals surface area contributed by atoms with Crippen LogP contribution < -0.4 is 0 Å². The third-order valence-corrected chi connectivity index (χ3v) is 2.16. The van der Waals surface area contributed by atoms with E-state index in [1.165, 1.54) is 13.2 Å². The lowest BCUT2D eigenvalue weighted by atomic mass is 10.3. The summed E-state index contributed by atoms with van der Waals surface area (Å²) in [6, 6.07) is 0.380. The first-order valence-corrected chi connectivity index (χ1v) is 5.17. The Hall–Kier alpha value is -1.03. The number of carbonyl (C=O) groups is 1. The van der Waals surface area contributed by atoms with Gasteiger partial charge in [0.2, 0.25) is 0 Å². The maximum atomic E-state index is 10.9. The molecule has 0 N–H and O–H groups in total. The molecule has 4 nitrogen and oxygen atoms in total. The molecule has 4 heteroatoms. The van der Waals surface area contributed by atoms with E-state index in [0.29, 0.717) is 6.04 Å². The fraction of sp³-hybridized carbons (Fsp3) is 0.727. The molecule has 0 saturated heterocycles. The number of likely N-dealkylation sites (N-methyl/N-ethyl adjacent to an activating group) is 2. The molecule has 0 radical (unpaired) electrons. The first-order valence-electron chi connectivity index (χ1n) is 5.17. The number of carbonyl (C=O) groups excluding carboxylic acids is 1. The minimum atomic E-state index is -0.314. The fourth-order valence-corrected chi connectivity index (χ4v) is 1.42. The second-order valence-electron chi connectivity index (χ2n) is 3.78. The summed E-state index contributed by atoms with van der Waals surface area (Å²) in [4.78, 5) is 15.2. The summed E-state index contributed by atoms with van der Waals surface area (Å²) >= 11 is 0. The molecule has 0 bridgehead atoms. The number of hydrogen-bond acceptors (Lipinski definition) is 4. The van der Waals surface area contributed by atoms with Crippen molar-refractivity contribution in [2.45, 2.75) is 19.9 Å². The monoisotopic (exact) mass is 214 g/mol. The SMILES string of the molecule is CCN(/C=C/C(=O)OC)C(C)CN(C)C. The molecule has 1 atom stereocenters. The summed E-state index contributed by atoms with van der Waals surface area (Å²) in [6.07, 6.45) is 3.25. The number of hydrogen-bond donors (Lipinski definition) is 0. The minimum absolute atomic E-state index is 0.314. The largest absolute Gasteiger partial charge is 0.466 e. The Bertz CT molecular complexity index is 215. The Morgan fingerprint density at radius 1 is 1.47 bits per heavy atom. The van der Waals surface area contributed by atoms with E-state index in [1.54, 1.807) is 6.20 Å². The van der Waals surface area contributed by atoms with Gasteiger partial charge in [-0.3, -0.25) is 0 Å². The van der Waals surface area contributed by atoms with Crippen molar-refractivity contribution in [1.29, 1.82) is 0 Å². The molecule has 0 aliphatic carbocycles. The molecular formula is C11H22N2O2. The van der Waals surface area contributed by atoms with Gasteiger partial charge >= 0.3 is 5.97 Å². The van der Waals surface area contributed by atoms with E-state index in [0.717, 1.165) is 13.1 Å². The quantitative estimate of drug-likeness (QED) is 0.487. The summed E-state index contributed by atoms with van der Waals surface area (Å²) < 4.78 is 4.54. The van der Waals surface area contributed by atoms with Crippen molar-refractivity contribution >= 4 is 5.97 Å². The summed E-state index contributed by atoms with van der Waals surface area (Å²) in [5.74, 6) is -0.314. The first kappa shape index (κ1) is 14.0. The van der Waals surface area contributed by atoms with Gasteiger partial charge in [-0.25, -0.2) is 4.79 Å². The average molecular weight is 214 g/mol. The molecule has 0 heterocycles. The molecule has 1 unspecified atom stereocenters. The van der Waals surface area contributed by atoms with Crippen LogP contribution in [0.5, 0.6) is 0 Å². The molecule has 0 spiro atoms. The molecule has 0 aliphatic rings. The summed E-state index contributed by atoms with van der Waals surface area (Å²) in [7, 11) is 5.45. The van der Waals surface area contributed by atoms with Gasteiger partial charge in [-0.15, -0.1) is 0 Å². The molecule has 0 fully saturated rings. The molecule has 0 saturated carbocycles. The molecule has 0 aromatic rings. The van der Waals surface area contributed by atoms with Gasteiger partial charge in [-0.1, -0.05) is 0 Å². The van der Waals surface area contributed by atoms with Gasteiger partial charge in [-0.2, -0.15) is 0 Å². The Morgan fingerprint density at radius 3 is 2.47 bits per heavy atom. The maximum Gasteiger partial charge on any atom is 0.331 e. The van der Waals surface area contributed by atoms with Crippen molar-refractivity contribution in [1.82, 2.24) is 9.80 Å². The van der Waals surface area contributed by atoms with E-state index in [4.69, 9.17) is 0 Å². The van der Waals surface area contributed by atoms with Gasteiger partial charge in [0.1, 0.15) is 0 Å². The van der Waals surface area contributed by atoms with E-state index in [1.807, 2.05) is 14.1 Å². The Kier molecular flexibility index (Phi) is 6.79. The zero-order valence-electron chi connectivity index (χ0n) is 10.4. The Labute approximate surface area is 92.5 Å². The molecule has 0 aliphatic heterocycles. The number of esters is 1. The van der Waals surface area contributed by atoms with Crippen LogP contribution >= 0.6 is 0 Å². The van der Waals surface area contributed by atoms with Crippen LogP contribution in [0.3, 0.4) is 0 Å². The predicted octanol–water partition coefficient (Wildman–Crippen LogP) is 0.945. The third kappa shape index (κ3) is 6.12. The molecule has 0 aromatic heterocycles. The number of rotatable bonds is 6. The summed E-state index contributed by atoms with van der Waals surface area (Å²) in [5, 5.41) is 0. The molecule has 15 heavy (non-hydrogen) atoms. The highest BCUT2D eigenvalue weighted by molar-refractivity contribution is 5.81. The number of ether oxygens (including phenoxy) is 1. The van der Waals surface area contributed by atoms with Crippen LogP contribution in [-0.2, 0) is 9.53 Å². The highest BCUT2D eigenvalue weighted by Crippen LogP contribution is 2.01. The average Bonchev–Trinajstić information content (AvgIpc) is 2.17. The van der Waals surface area contributed by atoms with Crippen molar-refractivity contribution in [2.75, 3.05) is 34.3 Å². The minimum Gasteiger partial charge on any atom is -0.466 e. The van der Waals surface area contributed by atoms with Crippen molar-refractivity contribution in [3.05, 3.63) is 12.3 Å². The first-order chi connectivity index (χ1) is 7.01. The lowest BCUT2D eigenvalue weighted by molar-refractivity contribution is -0.134. The molecule has 0 aromatic carbocycles. The van der Waals surface area contributed by atoms with E-state index in [2.05, 4.69) is 28.4 Å². The molecule has 0 rings (SSSR count). The van der Waals surface area contributed by atoms with Gasteiger partial charge in [0.15, 0.2) is 0 Å². The smallest absolute Gasteiger partial charge is 0.331 e. The Morgan fingerprint density at radius 2 is 2.07 bits per heavy atom. The van der Waals surface area contributed by atoms with Crippen LogP contribution in [-0.4, -0.2) is 56.1 Å². The zero-order valence-corrected chi connectivity index (χ0v) is 10.4. The van der Waals surface area contributed by atoms with E-state index < -0.39 is 0 Å². The lowest BCUT2D eigenvalue weighted by Gasteiger charge is -2.28. The lowest BCUT2D eigenvalue weighted by Crippen LogP contribution is -2.36. The van der Waals surface area contributed by atoms with E-state index in [9.17, 15) is 4.79 Å². The van der Waals surface area contributed by atoms with Crippen molar-refractivity contribution in [3.8, 4) is 0 Å². The molecule has 88 valence electrons. The van der Waals surface area contributed by atoms with E-state index in [-0.39, 0.29) is 5.97 Å². The van der Waals surface area contributed by atoms with Gasteiger partial charge in [0.05, 0.1) is 7.11 Å². The second kappa shape index (κ2) is 7.29. The third-order valence-electron chi connectivity index (χ3n) is 2.16. The van der Waals surface area contributed by atoms with Crippen molar-refractivity contribution < 1.29 is 9.53 Å². The summed E-state index contributed by atoms with van der Waals surface area (Å²) in [6.45, 7) is 6.03. The summed E-state index contributed by atoms with van der Waals surface area (Å²) in [5.41, 5.74) is 0. The second-order valence-corrected chi connectivity index (χ2v) is 3.78. The van der Waals surface area contributed by atoms with Gasteiger partial charge in [0.25, 0.3) is 0 Å². The highest BCUT2D eigenvalue weighted by atomic mass is 16.5. The standard InChI is InChI=1S/C11H22N2O2/c1-6-13(8-7-11(14)15-5)10(2)9-12(3)4/h7-8,10H,6,9H2,1-5H3/b8-7+. The van der Waals surface area contributed by atoms with Gasteiger partial charge in [-0.05, 0) is 27.9 Å². The van der Waals surface area contributed by atoms with Crippen LogP contribution in [0.15, 0.2) is 12.3 Å². The normalized spacial score (nSPS) is 13.2. The van der Waals surface area contributed by atoms with Crippen LogP contribution in [0, 0.1) is 0 Å². The predicted molar refractivity (Wildman–Crippen MR) is 61.6 cm³/mol. The van der Waals surface area contributed by atoms with Crippen molar-refractivity contribution in [3.63, 3.8) is 0 Å². The van der Waals surface area contributed by atoms with Gasteiger partial charge < -0.3 is 14.5 Å². The van der Waals surface area contributed by atoms with Crippen LogP contribution in [0.2, 0.25) is 0 Å². The van der Waals surface area contributed by atoms with Crippen molar-refractivity contribution in [2.24, 2.45) is 0 Å². The van der Waals surface area contributed by atoms with Crippen LogP contribution in [0.25, 0.3) is 0 Å².